The van der Waals surface area contributed by atoms with Crippen LogP contribution in [0.4, 0.5) is 0 Å². The van der Waals surface area contributed by atoms with Crippen LogP contribution in [-0.2, 0) is 9.59 Å². The highest BCUT2D eigenvalue weighted by Gasteiger charge is 2.15. The van der Waals surface area contributed by atoms with Crippen LogP contribution >= 0.6 is 0 Å². The summed E-state index contributed by atoms with van der Waals surface area (Å²) in [4.78, 5) is 23.8. The molecule has 4 N–H and O–H groups in total. The van der Waals surface area contributed by atoms with Gasteiger partial charge in [-0.25, -0.2) is 0 Å². The van der Waals surface area contributed by atoms with Crippen LogP contribution in [0.5, 0.6) is 0 Å². The van der Waals surface area contributed by atoms with Gasteiger partial charge in [-0.1, -0.05) is 194 Å². The molecule has 2 unspecified atom stereocenters. The quantitative estimate of drug-likeness (QED) is 0.0717. The predicted molar refractivity (Wildman–Crippen MR) is 184 cm³/mol. The minimum absolute atomic E-state index is 0.0811. The molecule has 0 radical (unpaired) electrons. The molecule has 250 valence electrons. The predicted octanol–water partition coefficient (Wildman–Crippen LogP) is 11.7. The summed E-state index contributed by atoms with van der Waals surface area (Å²) in [5, 5.41) is 0. The third kappa shape index (κ3) is 29.0. The van der Waals surface area contributed by atoms with Crippen LogP contribution in [0.3, 0.4) is 0 Å². The Balaban J connectivity index is 3.63. The molecule has 0 aromatic carbocycles. The minimum atomic E-state index is -0.0895. The van der Waals surface area contributed by atoms with Crippen LogP contribution in [0.25, 0.3) is 0 Å². The van der Waals surface area contributed by atoms with Gasteiger partial charge >= 0.3 is 0 Å². The molecule has 0 heterocycles. The third-order valence-corrected chi connectivity index (χ3v) is 9.47. The van der Waals surface area contributed by atoms with Crippen molar-refractivity contribution in [2.45, 2.75) is 219 Å². The van der Waals surface area contributed by atoms with E-state index in [-0.39, 0.29) is 23.7 Å². The fourth-order valence-electron chi connectivity index (χ4n) is 6.46. The molecule has 0 bridgehead atoms. The van der Waals surface area contributed by atoms with Crippen molar-refractivity contribution < 1.29 is 9.59 Å². The average Bonchev–Trinajstić information content (AvgIpc) is 2.97. The average molecular weight is 593 g/mol. The van der Waals surface area contributed by atoms with Gasteiger partial charge in [0.05, 0.1) is 0 Å². The second kappa shape index (κ2) is 32.8. The van der Waals surface area contributed by atoms with E-state index >= 15 is 0 Å². The normalized spacial score (nSPS) is 12.9. The summed E-state index contributed by atoms with van der Waals surface area (Å²) in [5.41, 5.74) is 11.4. The number of amides is 2. The molecule has 0 aliphatic carbocycles. The van der Waals surface area contributed by atoms with E-state index in [2.05, 4.69) is 13.8 Å². The number of carbonyl (C=O) groups is 2. The smallest absolute Gasteiger partial charge is 0.220 e. The molecule has 0 aliphatic rings. The highest BCUT2D eigenvalue weighted by atomic mass is 16.1. The Hall–Kier alpha value is -1.06. The number of unbranched alkanes of at least 4 members (excludes halogenated alkanes) is 25. The van der Waals surface area contributed by atoms with E-state index in [1.807, 2.05) is 0 Å². The van der Waals surface area contributed by atoms with E-state index < -0.39 is 0 Å². The lowest BCUT2D eigenvalue weighted by Crippen LogP contribution is -2.23. The van der Waals surface area contributed by atoms with Crippen molar-refractivity contribution in [1.82, 2.24) is 0 Å². The molecule has 0 rings (SSSR count). The summed E-state index contributed by atoms with van der Waals surface area (Å²) in [6.07, 6.45) is 40.3. The zero-order valence-electron chi connectivity index (χ0n) is 28.8. The van der Waals surface area contributed by atoms with E-state index in [4.69, 9.17) is 11.5 Å². The molecule has 0 fully saturated rings. The number of nitrogens with two attached hydrogens (primary N) is 2. The Labute approximate surface area is 263 Å². The van der Waals surface area contributed by atoms with E-state index in [1.165, 1.54) is 154 Å². The molecule has 0 aliphatic heterocycles. The lowest BCUT2D eigenvalue weighted by Gasteiger charge is -2.13. The van der Waals surface area contributed by atoms with Gasteiger partial charge in [-0.05, 0) is 25.7 Å². The van der Waals surface area contributed by atoms with E-state index in [0.29, 0.717) is 0 Å². The van der Waals surface area contributed by atoms with Gasteiger partial charge in [-0.3, -0.25) is 9.59 Å². The first-order valence-electron chi connectivity index (χ1n) is 19.1. The van der Waals surface area contributed by atoms with Crippen molar-refractivity contribution in [3.8, 4) is 0 Å². The standard InChI is InChI=1S/C38H76N2O2/c1-3-5-7-9-11-13-15-19-23-27-31-35(37(39)41)33-29-25-21-17-18-22-26-30-34-36(38(40)42)32-28-24-20-16-14-12-10-8-6-4-2/h35-36H,3-34H2,1-2H3,(H2,39,41)(H2,40,42). The van der Waals surface area contributed by atoms with Gasteiger partial charge in [0.25, 0.3) is 0 Å². The molecule has 0 aromatic heterocycles. The number of primary amides is 2. The van der Waals surface area contributed by atoms with Gasteiger partial charge in [-0.2, -0.15) is 0 Å². The molecule has 42 heavy (non-hydrogen) atoms. The zero-order chi connectivity index (χ0) is 30.9. The van der Waals surface area contributed by atoms with Gasteiger partial charge in [0.2, 0.25) is 11.8 Å². The van der Waals surface area contributed by atoms with Crippen LogP contribution in [0.1, 0.15) is 219 Å². The summed E-state index contributed by atoms with van der Waals surface area (Å²) in [5.74, 6) is -0.0168. The highest BCUT2D eigenvalue weighted by Crippen LogP contribution is 2.21. The van der Waals surface area contributed by atoms with Crippen LogP contribution < -0.4 is 11.5 Å². The number of rotatable bonds is 35. The van der Waals surface area contributed by atoms with E-state index in [0.717, 1.165) is 51.4 Å². The molecule has 0 saturated carbocycles. The number of hydrogen-bond acceptors (Lipinski definition) is 2. The van der Waals surface area contributed by atoms with Gasteiger partial charge < -0.3 is 11.5 Å². The van der Waals surface area contributed by atoms with Crippen molar-refractivity contribution in [1.29, 1.82) is 0 Å². The molecular formula is C38H76N2O2. The molecule has 4 nitrogen and oxygen atoms in total. The van der Waals surface area contributed by atoms with Gasteiger partial charge in [0.1, 0.15) is 0 Å². The first-order chi connectivity index (χ1) is 20.5. The maximum absolute atomic E-state index is 11.9. The Morgan fingerprint density at radius 1 is 0.333 bits per heavy atom. The molecule has 4 heteroatoms. The van der Waals surface area contributed by atoms with Crippen LogP contribution in [0.15, 0.2) is 0 Å². The maximum Gasteiger partial charge on any atom is 0.220 e. The SMILES string of the molecule is CCCCCCCCCCCCC(CCCCCCCCCCC(CCCCCCCCCCCC)C(N)=O)C(N)=O. The monoisotopic (exact) mass is 593 g/mol. The van der Waals surface area contributed by atoms with Gasteiger partial charge in [0, 0.05) is 11.8 Å². The lowest BCUT2D eigenvalue weighted by atomic mass is 9.93. The topological polar surface area (TPSA) is 86.2 Å². The lowest BCUT2D eigenvalue weighted by molar-refractivity contribution is -0.123. The largest absolute Gasteiger partial charge is 0.369 e. The maximum atomic E-state index is 11.9. The Kier molecular flexibility index (Phi) is 32.0. The molecule has 0 aromatic rings. The van der Waals surface area contributed by atoms with Crippen molar-refractivity contribution in [2.24, 2.45) is 23.3 Å². The first kappa shape index (κ1) is 40.9. The van der Waals surface area contributed by atoms with Crippen LogP contribution in [0, 0.1) is 11.8 Å². The second-order valence-electron chi connectivity index (χ2n) is 13.5. The molecule has 0 saturated heterocycles. The summed E-state index contributed by atoms with van der Waals surface area (Å²) in [7, 11) is 0. The first-order valence-corrected chi connectivity index (χ1v) is 19.1. The Morgan fingerprint density at radius 3 is 0.667 bits per heavy atom. The van der Waals surface area contributed by atoms with Crippen LogP contribution in [0.2, 0.25) is 0 Å². The van der Waals surface area contributed by atoms with Crippen molar-refractivity contribution in [2.75, 3.05) is 0 Å². The van der Waals surface area contributed by atoms with Crippen molar-refractivity contribution in [3.63, 3.8) is 0 Å². The summed E-state index contributed by atoms with van der Waals surface area (Å²) >= 11 is 0. The van der Waals surface area contributed by atoms with Gasteiger partial charge in [0.15, 0.2) is 0 Å². The molecular weight excluding hydrogens is 516 g/mol. The number of hydrogen-bond donors (Lipinski definition) is 2. The second-order valence-corrected chi connectivity index (χ2v) is 13.5. The summed E-state index contributed by atoms with van der Waals surface area (Å²) in [6, 6.07) is 0. The van der Waals surface area contributed by atoms with Crippen LogP contribution in [-0.4, -0.2) is 11.8 Å². The fraction of sp³-hybridized carbons (Fsp3) is 0.947. The summed E-state index contributed by atoms with van der Waals surface area (Å²) in [6.45, 7) is 4.54. The molecule has 2 atom stereocenters. The molecule has 2 amide bonds. The van der Waals surface area contributed by atoms with Crippen molar-refractivity contribution in [3.05, 3.63) is 0 Å². The molecule has 0 spiro atoms. The minimum Gasteiger partial charge on any atom is -0.369 e. The Bertz CT molecular complexity index is 529. The van der Waals surface area contributed by atoms with E-state index in [9.17, 15) is 9.59 Å². The fourth-order valence-corrected chi connectivity index (χ4v) is 6.46. The van der Waals surface area contributed by atoms with E-state index in [1.54, 1.807) is 0 Å². The third-order valence-electron chi connectivity index (χ3n) is 9.47. The van der Waals surface area contributed by atoms with Crippen molar-refractivity contribution >= 4 is 11.8 Å². The Morgan fingerprint density at radius 2 is 0.500 bits per heavy atom. The highest BCUT2D eigenvalue weighted by molar-refractivity contribution is 5.76. The zero-order valence-corrected chi connectivity index (χ0v) is 28.8. The van der Waals surface area contributed by atoms with Gasteiger partial charge in [-0.15, -0.1) is 0 Å². The summed E-state index contributed by atoms with van der Waals surface area (Å²) < 4.78 is 0. The number of carbonyl (C=O) groups excluding carboxylic acids is 2.